The van der Waals surface area contributed by atoms with E-state index in [2.05, 4.69) is 254 Å². The molecule has 1 atom stereocenters. The van der Waals surface area contributed by atoms with Crippen LogP contribution in [0.25, 0.3) is 72.0 Å². The summed E-state index contributed by atoms with van der Waals surface area (Å²) in [4.78, 5) is 2.43. The van der Waals surface area contributed by atoms with E-state index in [4.69, 9.17) is 0 Å². The quantitative estimate of drug-likeness (QED) is 0.168. The highest BCUT2D eigenvalue weighted by Gasteiger charge is 2.52. The molecule has 2 heterocycles. The maximum Gasteiger partial charge on any atom is 0.0760 e. The Kier molecular flexibility index (Phi) is 7.70. The van der Waals surface area contributed by atoms with Crippen molar-refractivity contribution in [1.82, 2.24) is 4.57 Å². The number of fused-ring (bicyclic) bond motifs is 15. The predicted molar refractivity (Wildman–Crippen MR) is 275 cm³/mol. The van der Waals surface area contributed by atoms with Crippen molar-refractivity contribution in [2.24, 2.45) is 0 Å². The van der Waals surface area contributed by atoms with Crippen LogP contribution < -0.4 is 4.90 Å². The molecule has 0 saturated heterocycles. The molecule has 2 nitrogen and oxygen atoms in total. The van der Waals surface area contributed by atoms with Gasteiger partial charge in [-0.1, -0.05) is 196 Å². The van der Waals surface area contributed by atoms with Gasteiger partial charge >= 0.3 is 0 Å². The van der Waals surface area contributed by atoms with E-state index in [1.54, 1.807) is 0 Å². The van der Waals surface area contributed by atoms with Crippen molar-refractivity contribution >= 4 is 38.9 Å². The first kappa shape index (κ1) is 37.2. The largest absolute Gasteiger partial charge is 0.310 e. The minimum absolute atomic E-state index is 0.119. The van der Waals surface area contributed by atoms with Crippen LogP contribution >= 0.6 is 0 Å². The molecule has 1 aliphatic heterocycles. The Morgan fingerprint density at radius 3 is 1.67 bits per heavy atom. The van der Waals surface area contributed by atoms with Crippen LogP contribution in [0, 0.1) is 0 Å². The molecule has 0 fully saturated rings. The number of aromatic nitrogens is 1. The number of para-hydroxylation sites is 3. The van der Waals surface area contributed by atoms with Gasteiger partial charge in [0.15, 0.2) is 0 Å². The highest BCUT2D eigenvalue weighted by molar-refractivity contribution is 6.13. The summed E-state index contributed by atoms with van der Waals surface area (Å²) in [7, 11) is 0. The van der Waals surface area contributed by atoms with Gasteiger partial charge in [-0.2, -0.15) is 0 Å². The minimum atomic E-state index is -0.539. The molecule has 2 aliphatic carbocycles. The molecule has 3 aliphatic rings. The van der Waals surface area contributed by atoms with Gasteiger partial charge in [0, 0.05) is 33.2 Å². The fourth-order valence-corrected chi connectivity index (χ4v) is 12.4. The Morgan fingerprint density at radius 1 is 0.348 bits per heavy atom. The van der Waals surface area contributed by atoms with E-state index in [-0.39, 0.29) is 5.41 Å². The van der Waals surface area contributed by atoms with E-state index in [1.165, 1.54) is 105 Å². The van der Waals surface area contributed by atoms with Crippen LogP contribution in [0.4, 0.5) is 17.1 Å². The van der Waals surface area contributed by atoms with Crippen LogP contribution in [-0.2, 0) is 10.8 Å². The second-order valence-corrected chi connectivity index (χ2v) is 18.8. The van der Waals surface area contributed by atoms with E-state index in [0.29, 0.717) is 0 Å². The van der Waals surface area contributed by atoms with Crippen LogP contribution in [-0.4, -0.2) is 4.57 Å². The Morgan fingerprint density at radius 2 is 0.879 bits per heavy atom. The molecule has 310 valence electrons. The Bertz CT molecular complexity index is 3780. The maximum absolute atomic E-state index is 2.53. The molecular weight excluding hydrogens is 797 g/mol. The van der Waals surface area contributed by atoms with Gasteiger partial charge in [0.1, 0.15) is 0 Å². The lowest BCUT2D eigenvalue weighted by Crippen LogP contribution is -2.34. The summed E-state index contributed by atoms with van der Waals surface area (Å²) in [6.07, 6.45) is 0. The number of rotatable bonds is 5. The summed E-state index contributed by atoms with van der Waals surface area (Å²) >= 11 is 0. The van der Waals surface area contributed by atoms with E-state index in [9.17, 15) is 0 Å². The van der Waals surface area contributed by atoms with Crippen molar-refractivity contribution < 1.29 is 0 Å². The van der Waals surface area contributed by atoms with Gasteiger partial charge in [0.05, 0.1) is 22.1 Å². The number of nitrogens with zero attached hydrogens (tertiary/aromatic N) is 2. The average Bonchev–Trinajstić information content (AvgIpc) is 3.96. The summed E-state index contributed by atoms with van der Waals surface area (Å²) in [5.74, 6) is 0. The molecule has 0 saturated carbocycles. The zero-order chi connectivity index (χ0) is 43.7. The molecule has 66 heavy (non-hydrogen) atoms. The summed E-state index contributed by atoms with van der Waals surface area (Å²) in [6, 6.07) is 86.2. The maximum atomic E-state index is 2.53. The number of benzene rings is 10. The monoisotopic (exact) mass is 840 g/mol. The van der Waals surface area contributed by atoms with Crippen molar-refractivity contribution in [2.45, 2.75) is 24.7 Å². The fraction of sp³-hybridized carbons (Fsp3) is 0.0625. The van der Waals surface area contributed by atoms with Gasteiger partial charge in [0.2, 0.25) is 0 Å². The third-order valence-electron chi connectivity index (χ3n) is 15.2. The molecule has 1 aromatic heterocycles. The second kappa shape index (κ2) is 13.7. The molecule has 14 rings (SSSR count). The molecule has 1 spiro atoms. The zero-order valence-corrected chi connectivity index (χ0v) is 36.8. The second-order valence-electron chi connectivity index (χ2n) is 18.8. The molecule has 1 unspecified atom stereocenters. The van der Waals surface area contributed by atoms with Crippen molar-refractivity contribution in [3.63, 3.8) is 0 Å². The predicted octanol–water partition coefficient (Wildman–Crippen LogP) is 16.6. The topological polar surface area (TPSA) is 8.17 Å². The minimum Gasteiger partial charge on any atom is -0.310 e. The smallest absolute Gasteiger partial charge is 0.0760 e. The summed E-state index contributed by atoms with van der Waals surface area (Å²) < 4.78 is 2.53. The van der Waals surface area contributed by atoms with Crippen LogP contribution in [0.15, 0.2) is 231 Å². The van der Waals surface area contributed by atoms with Gasteiger partial charge in [-0.3, -0.25) is 0 Å². The molecule has 0 amide bonds. The van der Waals surface area contributed by atoms with Gasteiger partial charge in [-0.15, -0.1) is 0 Å². The SMILES string of the molecule is CC1(C)c2ccccc2-c2ccc(N(c3ccc(-c4ccccc4)cc3)c3ccc(-c4cccc5c4C4(c6ccccc6-5)c5ccccc5-n5c6ccccc6c6cccc4c65)cc3)cc21. The Hall–Kier alpha value is -8.20. The van der Waals surface area contributed by atoms with Crippen molar-refractivity contribution in [1.29, 1.82) is 0 Å². The lowest BCUT2D eigenvalue weighted by Gasteiger charge is -2.40. The molecule has 2 heteroatoms. The molecule has 11 aromatic rings. The molecule has 0 radical (unpaired) electrons. The van der Waals surface area contributed by atoms with Crippen molar-refractivity contribution in [2.75, 3.05) is 4.90 Å². The van der Waals surface area contributed by atoms with Gasteiger partial charge < -0.3 is 9.47 Å². The van der Waals surface area contributed by atoms with Crippen LogP contribution in [0.3, 0.4) is 0 Å². The number of anilines is 3. The van der Waals surface area contributed by atoms with Crippen LogP contribution in [0.5, 0.6) is 0 Å². The normalized spacial score (nSPS) is 15.6. The first-order valence-electron chi connectivity index (χ1n) is 23.2. The molecular formula is C64H44N2. The average molecular weight is 841 g/mol. The first-order valence-corrected chi connectivity index (χ1v) is 23.2. The lowest BCUT2D eigenvalue weighted by atomic mass is 9.64. The highest BCUT2D eigenvalue weighted by Crippen LogP contribution is 2.63. The summed E-state index contributed by atoms with van der Waals surface area (Å²) in [6.45, 7) is 4.73. The fourth-order valence-electron chi connectivity index (χ4n) is 12.4. The van der Waals surface area contributed by atoms with Crippen LogP contribution in [0.2, 0.25) is 0 Å². The van der Waals surface area contributed by atoms with Crippen molar-refractivity contribution in [3.8, 4) is 50.2 Å². The molecule has 0 bridgehead atoms. The zero-order valence-electron chi connectivity index (χ0n) is 36.8. The standard InChI is InChI=1S/C64H44N2/c1-63(2)54-24-9-6-18-48(54)50-39-38-46(40-58(50)63)65(44-34-30-42(31-35-44)41-16-4-3-5-17-41)45-36-32-43(33-37-45)47-21-14-22-52-49-19-7-10-25-55(49)64(61(47)52)56-26-11-13-29-60(56)66-59-28-12-8-20-51(59)53-23-15-27-57(64)62(53)66/h3-40H,1-2H3. The lowest BCUT2D eigenvalue weighted by molar-refractivity contribution is 0.660. The summed E-state index contributed by atoms with van der Waals surface area (Å²) in [5.41, 5.74) is 24.7. The van der Waals surface area contributed by atoms with E-state index < -0.39 is 5.41 Å². The number of hydrogen-bond donors (Lipinski definition) is 0. The Labute approximate surface area is 385 Å². The third-order valence-corrected chi connectivity index (χ3v) is 15.2. The third kappa shape index (κ3) is 4.91. The van der Waals surface area contributed by atoms with Gasteiger partial charge in [0.25, 0.3) is 0 Å². The summed E-state index contributed by atoms with van der Waals surface area (Å²) in [5, 5.41) is 2.58. The van der Waals surface area contributed by atoms with E-state index in [1.807, 2.05) is 0 Å². The highest BCUT2D eigenvalue weighted by atomic mass is 15.1. The van der Waals surface area contributed by atoms with Crippen molar-refractivity contribution in [3.05, 3.63) is 264 Å². The van der Waals surface area contributed by atoms with Gasteiger partial charge in [-0.25, -0.2) is 0 Å². The first-order chi connectivity index (χ1) is 32.5. The molecule has 10 aromatic carbocycles. The number of hydrogen-bond acceptors (Lipinski definition) is 1. The molecule has 0 N–H and O–H groups in total. The Balaban J connectivity index is 0.964. The van der Waals surface area contributed by atoms with E-state index >= 15 is 0 Å². The van der Waals surface area contributed by atoms with E-state index in [0.717, 1.165) is 17.1 Å². The van der Waals surface area contributed by atoms with Crippen LogP contribution in [0.1, 0.15) is 47.2 Å². The van der Waals surface area contributed by atoms with Gasteiger partial charge in [-0.05, 0) is 126 Å².